The second kappa shape index (κ2) is 9.82. The molecule has 1 aliphatic rings. The van der Waals surface area contributed by atoms with Crippen LogP contribution in [0.5, 0.6) is 0 Å². The average Bonchev–Trinajstić information content (AvgIpc) is 2.53. The molecule has 7 heteroatoms. The fourth-order valence-corrected chi connectivity index (χ4v) is 2.45. The Labute approximate surface area is 142 Å². The third kappa shape index (κ3) is 5.42. The second-order valence-corrected chi connectivity index (χ2v) is 5.40. The van der Waals surface area contributed by atoms with Crippen LogP contribution in [-0.2, 0) is 16.1 Å². The zero-order valence-corrected chi connectivity index (χ0v) is 14.3. The molecule has 1 N–H and O–H groups in total. The van der Waals surface area contributed by atoms with Crippen LogP contribution in [0, 0.1) is 5.82 Å². The number of hydrogen-bond donors (Lipinski definition) is 1. The standard InChI is InChI=1S/C16H23FN2O3.ClH/c1-12-10-18-5-6-19(12)16(20)13-3-4-15(17)14(9-13)11-22-8-7-21-2;/h3-4,9,12,18H,5-8,10-11H2,1-2H3;1H/t12-;/m1./s1. The van der Waals surface area contributed by atoms with E-state index in [1.54, 1.807) is 13.2 Å². The van der Waals surface area contributed by atoms with Crippen molar-refractivity contribution in [2.24, 2.45) is 0 Å². The van der Waals surface area contributed by atoms with E-state index >= 15 is 0 Å². The van der Waals surface area contributed by atoms with E-state index in [0.717, 1.165) is 13.1 Å². The fraction of sp³-hybridized carbons (Fsp3) is 0.562. The van der Waals surface area contributed by atoms with Gasteiger partial charge in [0.15, 0.2) is 0 Å². The Bertz CT molecular complexity index is 516. The molecule has 1 fully saturated rings. The van der Waals surface area contributed by atoms with E-state index in [0.29, 0.717) is 30.9 Å². The highest BCUT2D eigenvalue weighted by Gasteiger charge is 2.24. The SMILES string of the molecule is COCCOCc1cc(C(=O)N2CCNC[C@H]2C)ccc1F.Cl. The van der Waals surface area contributed by atoms with Crippen molar-refractivity contribution in [3.8, 4) is 0 Å². The van der Waals surface area contributed by atoms with E-state index < -0.39 is 0 Å². The molecule has 0 radical (unpaired) electrons. The van der Waals surface area contributed by atoms with Crippen LogP contribution >= 0.6 is 12.4 Å². The van der Waals surface area contributed by atoms with Gasteiger partial charge in [0.1, 0.15) is 5.82 Å². The molecule has 5 nitrogen and oxygen atoms in total. The van der Waals surface area contributed by atoms with Gasteiger partial charge < -0.3 is 19.7 Å². The van der Waals surface area contributed by atoms with Gasteiger partial charge in [-0.3, -0.25) is 4.79 Å². The summed E-state index contributed by atoms with van der Waals surface area (Å²) in [5, 5.41) is 3.25. The van der Waals surface area contributed by atoms with Crippen LogP contribution < -0.4 is 5.32 Å². The summed E-state index contributed by atoms with van der Waals surface area (Å²) in [5.74, 6) is -0.422. The molecule has 1 amide bonds. The van der Waals surface area contributed by atoms with Crippen LogP contribution in [-0.4, -0.2) is 56.8 Å². The maximum Gasteiger partial charge on any atom is 0.254 e. The minimum atomic E-state index is -0.359. The molecule has 23 heavy (non-hydrogen) atoms. The van der Waals surface area contributed by atoms with Gasteiger partial charge in [-0.2, -0.15) is 0 Å². The van der Waals surface area contributed by atoms with Crippen molar-refractivity contribution in [3.63, 3.8) is 0 Å². The number of methoxy groups -OCH3 is 1. The number of nitrogens with zero attached hydrogens (tertiary/aromatic N) is 1. The molecule has 1 heterocycles. The highest BCUT2D eigenvalue weighted by atomic mass is 35.5. The Morgan fingerprint density at radius 3 is 2.91 bits per heavy atom. The quantitative estimate of drug-likeness (QED) is 0.799. The van der Waals surface area contributed by atoms with Gasteiger partial charge in [-0.25, -0.2) is 4.39 Å². The Balaban J connectivity index is 0.00000264. The average molecular weight is 347 g/mol. The first-order chi connectivity index (χ1) is 10.6. The largest absolute Gasteiger partial charge is 0.382 e. The van der Waals surface area contributed by atoms with Crippen molar-refractivity contribution in [1.82, 2.24) is 10.2 Å². The highest BCUT2D eigenvalue weighted by molar-refractivity contribution is 5.94. The highest BCUT2D eigenvalue weighted by Crippen LogP contribution is 2.16. The molecular formula is C16H24ClFN2O3. The van der Waals surface area contributed by atoms with Gasteiger partial charge >= 0.3 is 0 Å². The predicted octanol–water partition coefficient (Wildman–Crippen LogP) is 1.84. The lowest BCUT2D eigenvalue weighted by Gasteiger charge is -2.34. The van der Waals surface area contributed by atoms with Gasteiger partial charge in [0.2, 0.25) is 0 Å². The van der Waals surface area contributed by atoms with E-state index in [1.807, 2.05) is 11.8 Å². The van der Waals surface area contributed by atoms with Crippen molar-refractivity contribution in [2.75, 3.05) is 40.0 Å². The minimum absolute atomic E-state index is 0. The van der Waals surface area contributed by atoms with Gasteiger partial charge in [0, 0.05) is 43.9 Å². The summed E-state index contributed by atoms with van der Waals surface area (Å²) in [4.78, 5) is 14.4. The van der Waals surface area contributed by atoms with Crippen LogP contribution in [0.4, 0.5) is 4.39 Å². The number of hydrogen-bond acceptors (Lipinski definition) is 4. The van der Waals surface area contributed by atoms with Crippen LogP contribution in [0.25, 0.3) is 0 Å². The number of benzene rings is 1. The number of carbonyl (C=O) groups excluding carboxylic acids is 1. The first-order valence-corrected chi connectivity index (χ1v) is 7.50. The molecular weight excluding hydrogens is 323 g/mol. The van der Waals surface area contributed by atoms with Crippen LogP contribution in [0.15, 0.2) is 18.2 Å². The Morgan fingerprint density at radius 2 is 2.22 bits per heavy atom. The molecule has 1 aliphatic heterocycles. The van der Waals surface area contributed by atoms with Crippen molar-refractivity contribution in [2.45, 2.75) is 19.6 Å². The van der Waals surface area contributed by atoms with Crippen molar-refractivity contribution in [1.29, 1.82) is 0 Å². The van der Waals surface area contributed by atoms with E-state index in [1.165, 1.54) is 12.1 Å². The number of rotatable bonds is 6. The molecule has 0 aliphatic carbocycles. The summed E-state index contributed by atoms with van der Waals surface area (Å²) in [6.45, 7) is 5.21. The molecule has 1 aromatic carbocycles. The van der Waals surface area contributed by atoms with Crippen LogP contribution in [0.1, 0.15) is 22.8 Å². The third-order valence-corrected chi connectivity index (χ3v) is 3.74. The van der Waals surface area contributed by atoms with Gasteiger partial charge in [0.05, 0.1) is 19.8 Å². The molecule has 130 valence electrons. The number of amides is 1. The number of piperazine rings is 1. The second-order valence-electron chi connectivity index (χ2n) is 5.40. The van der Waals surface area contributed by atoms with E-state index in [2.05, 4.69) is 5.32 Å². The molecule has 1 saturated heterocycles. The van der Waals surface area contributed by atoms with Gasteiger partial charge in [-0.05, 0) is 25.1 Å². The number of carbonyl (C=O) groups is 1. The molecule has 0 bridgehead atoms. The van der Waals surface area contributed by atoms with Crippen molar-refractivity contribution in [3.05, 3.63) is 35.1 Å². The Morgan fingerprint density at radius 1 is 1.43 bits per heavy atom. The Kier molecular flexibility index (Phi) is 8.47. The van der Waals surface area contributed by atoms with Crippen molar-refractivity contribution < 1.29 is 18.7 Å². The van der Waals surface area contributed by atoms with E-state index in [9.17, 15) is 9.18 Å². The monoisotopic (exact) mass is 346 g/mol. The van der Waals surface area contributed by atoms with Gasteiger partial charge in [-0.1, -0.05) is 0 Å². The summed E-state index contributed by atoms with van der Waals surface area (Å²) in [5.41, 5.74) is 0.894. The molecule has 0 aromatic heterocycles. The smallest absolute Gasteiger partial charge is 0.254 e. The van der Waals surface area contributed by atoms with E-state index in [-0.39, 0.29) is 36.8 Å². The summed E-state index contributed by atoms with van der Waals surface area (Å²) >= 11 is 0. The predicted molar refractivity (Wildman–Crippen MR) is 88.5 cm³/mol. The summed E-state index contributed by atoms with van der Waals surface area (Å²) in [6.07, 6.45) is 0. The Hall–Kier alpha value is -1.21. The van der Waals surface area contributed by atoms with E-state index in [4.69, 9.17) is 9.47 Å². The zero-order valence-electron chi connectivity index (χ0n) is 13.5. The third-order valence-electron chi connectivity index (χ3n) is 3.74. The lowest BCUT2D eigenvalue weighted by Crippen LogP contribution is -2.52. The maximum atomic E-state index is 13.8. The minimum Gasteiger partial charge on any atom is -0.382 e. The number of nitrogens with one attached hydrogen (secondary N) is 1. The summed E-state index contributed by atoms with van der Waals surface area (Å²) < 4.78 is 24.0. The molecule has 0 spiro atoms. The lowest BCUT2D eigenvalue weighted by atomic mass is 10.1. The first-order valence-electron chi connectivity index (χ1n) is 7.50. The summed E-state index contributed by atoms with van der Waals surface area (Å²) in [7, 11) is 1.58. The van der Waals surface area contributed by atoms with Crippen LogP contribution in [0.2, 0.25) is 0 Å². The summed E-state index contributed by atoms with van der Waals surface area (Å²) in [6, 6.07) is 4.58. The number of ether oxygens (including phenoxy) is 2. The molecule has 2 rings (SSSR count). The molecule has 0 unspecified atom stereocenters. The first kappa shape index (κ1) is 19.8. The number of halogens is 2. The molecule has 1 atom stereocenters. The maximum absolute atomic E-state index is 13.8. The fourth-order valence-electron chi connectivity index (χ4n) is 2.45. The topological polar surface area (TPSA) is 50.8 Å². The van der Waals surface area contributed by atoms with Crippen LogP contribution in [0.3, 0.4) is 0 Å². The molecule has 1 aromatic rings. The zero-order chi connectivity index (χ0) is 15.9. The normalized spacial score (nSPS) is 17.7. The lowest BCUT2D eigenvalue weighted by molar-refractivity contribution is 0.0600. The van der Waals surface area contributed by atoms with Crippen molar-refractivity contribution >= 4 is 18.3 Å². The van der Waals surface area contributed by atoms with Gasteiger partial charge in [0.25, 0.3) is 5.91 Å². The molecule has 0 saturated carbocycles. The van der Waals surface area contributed by atoms with Gasteiger partial charge in [-0.15, -0.1) is 12.4 Å².